The third kappa shape index (κ3) is 2.94. The van der Waals surface area contributed by atoms with Crippen molar-refractivity contribution in [2.24, 2.45) is 0 Å². The average molecular weight is 379 g/mol. The first-order valence-corrected chi connectivity index (χ1v) is 7.90. The van der Waals surface area contributed by atoms with E-state index in [1.807, 2.05) is 0 Å². The van der Waals surface area contributed by atoms with E-state index in [1.54, 1.807) is 6.07 Å². The van der Waals surface area contributed by atoms with Crippen LogP contribution in [0.15, 0.2) is 30.3 Å². The summed E-state index contributed by atoms with van der Waals surface area (Å²) in [5, 5.41) is 3.14. The molecule has 3 amide bonds. The number of nitrogens with zero attached hydrogens (tertiary/aromatic N) is 1. The standard InChI is InChI=1S/C17H12Cl2N2O4/c1-21-16(23)10-4-3-9(7-11(10)17(21)24)20-15(22)12-5-8(18)6-13(19)14(12)25-2/h3-7H,1-2H3,(H,20,22). The van der Waals surface area contributed by atoms with Crippen LogP contribution in [-0.2, 0) is 0 Å². The molecule has 1 aliphatic heterocycles. The average Bonchev–Trinajstić information content (AvgIpc) is 2.78. The number of hydrogen-bond acceptors (Lipinski definition) is 4. The van der Waals surface area contributed by atoms with Gasteiger partial charge in [-0.05, 0) is 30.3 Å². The number of rotatable bonds is 3. The highest BCUT2D eigenvalue weighted by Gasteiger charge is 2.32. The number of methoxy groups -OCH3 is 1. The molecule has 0 saturated carbocycles. The van der Waals surface area contributed by atoms with E-state index in [1.165, 1.54) is 38.4 Å². The summed E-state index contributed by atoms with van der Waals surface area (Å²) in [5.41, 5.74) is 1.05. The fourth-order valence-electron chi connectivity index (χ4n) is 2.57. The van der Waals surface area contributed by atoms with Crippen LogP contribution < -0.4 is 10.1 Å². The maximum atomic E-state index is 12.5. The number of fused-ring (bicyclic) bond motifs is 1. The van der Waals surface area contributed by atoms with E-state index in [9.17, 15) is 14.4 Å². The number of amides is 3. The second-order valence-electron chi connectivity index (χ2n) is 5.35. The molecule has 8 heteroatoms. The van der Waals surface area contributed by atoms with Crippen molar-refractivity contribution in [3.63, 3.8) is 0 Å². The minimum Gasteiger partial charge on any atom is -0.494 e. The smallest absolute Gasteiger partial charge is 0.261 e. The molecule has 2 aromatic rings. The fraction of sp³-hybridized carbons (Fsp3) is 0.118. The minimum absolute atomic E-state index is 0.153. The topological polar surface area (TPSA) is 75.7 Å². The van der Waals surface area contributed by atoms with Gasteiger partial charge in [0.05, 0.1) is 28.8 Å². The van der Waals surface area contributed by atoms with Gasteiger partial charge in [-0.15, -0.1) is 0 Å². The van der Waals surface area contributed by atoms with E-state index in [2.05, 4.69) is 5.32 Å². The third-order valence-corrected chi connectivity index (χ3v) is 4.30. The quantitative estimate of drug-likeness (QED) is 0.829. The van der Waals surface area contributed by atoms with E-state index >= 15 is 0 Å². The highest BCUT2D eigenvalue weighted by Crippen LogP contribution is 2.33. The van der Waals surface area contributed by atoms with Crippen LogP contribution in [0.4, 0.5) is 5.69 Å². The molecule has 1 heterocycles. The van der Waals surface area contributed by atoms with Gasteiger partial charge in [0.25, 0.3) is 17.7 Å². The van der Waals surface area contributed by atoms with Gasteiger partial charge in [-0.3, -0.25) is 19.3 Å². The van der Waals surface area contributed by atoms with Gasteiger partial charge in [-0.2, -0.15) is 0 Å². The summed E-state index contributed by atoms with van der Waals surface area (Å²) in [6.45, 7) is 0. The van der Waals surface area contributed by atoms with Crippen molar-refractivity contribution in [1.29, 1.82) is 0 Å². The predicted molar refractivity (Wildman–Crippen MR) is 93.8 cm³/mol. The molecule has 1 N–H and O–H groups in total. The zero-order chi connectivity index (χ0) is 18.3. The molecule has 1 aliphatic rings. The lowest BCUT2D eigenvalue weighted by molar-refractivity contribution is 0.0692. The highest BCUT2D eigenvalue weighted by molar-refractivity contribution is 6.36. The Kier molecular flexibility index (Phi) is 4.41. The first-order chi connectivity index (χ1) is 11.8. The SMILES string of the molecule is COc1c(Cl)cc(Cl)cc1C(=O)Nc1ccc2c(c1)C(=O)N(C)C2=O. The van der Waals surface area contributed by atoms with Crippen molar-refractivity contribution in [2.45, 2.75) is 0 Å². The molecule has 0 spiro atoms. The number of hydrogen-bond donors (Lipinski definition) is 1. The Morgan fingerprint density at radius 2 is 1.76 bits per heavy atom. The van der Waals surface area contributed by atoms with Crippen molar-refractivity contribution in [3.05, 3.63) is 57.1 Å². The number of ether oxygens (including phenoxy) is 1. The van der Waals surface area contributed by atoms with Crippen LogP contribution in [0, 0.1) is 0 Å². The lowest BCUT2D eigenvalue weighted by Gasteiger charge is -2.12. The van der Waals surface area contributed by atoms with Crippen molar-refractivity contribution in [1.82, 2.24) is 4.90 Å². The molecule has 0 atom stereocenters. The number of nitrogens with one attached hydrogen (secondary N) is 1. The summed E-state index contributed by atoms with van der Waals surface area (Å²) in [5.74, 6) is -1.11. The van der Waals surface area contributed by atoms with Crippen LogP contribution in [0.25, 0.3) is 0 Å². The number of carbonyl (C=O) groups is 3. The Balaban J connectivity index is 1.94. The van der Waals surface area contributed by atoms with Gasteiger partial charge in [-0.1, -0.05) is 23.2 Å². The van der Waals surface area contributed by atoms with Gasteiger partial charge in [0.1, 0.15) is 5.75 Å². The molecule has 25 heavy (non-hydrogen) atoms. The van der Waals surface area contributed by atoms with Crippen molar-refractivity contribution >= 4 is 46.6 Å². The first-order valence-electron chi connectivity index (χ1n) is 7.14. The summed E-state index contributed by atoms with van der Waals surface area (Å²) in [4.78, 5) is 37.5. The van der Waals surface area contributed by atoms with E-state index in [-0.39, 0.29) is 32.8 Å². The second-order valence-corrected chi connectivity index (χ2v) is 6.20. The maximum Gasteiger partial charge on any atom is 0.261 e. The molecular weight excluding hydrogens is 367 g/mol. The van der Waals surface area contributed by atoms with Crippen LogP contribution in [0.5, 0.6) is 5.75 Å². The molecular formula is C17H12Cl2N2O4. The molecule has 0 fully saturated rings. The molecule has 6 nitrogen and oxygen atoms in total. The van der Waals surface area contributed by atoms with Crippen molar-refractivity contribution in [2.75, 3.05) is 19.5 Å². The van der Waals surface area contributed by atoms with E-state index in [0.717, 1.165) is 4.90 Å². The largest absolute Gasteiger partial charge is 0.494 e. The zero-order valence-corrected chi connectivity index (χ0v) is 14.7. The van der Waals surface area contributed by atoms with Crippen LogP contribution in [0.1, 0.15) is 31.1 Å². The zero-order valence-electron chi connectivity index (χ0n) is 13.2. The molecule has 2 aromatic carbocycles. The van der Waals surface area contributed by atoms with Gasteiger partial charge in [0.2, 0.25) is 0 Å². The lowest BCUT2D eigenvalue weighted by atomic mass is 10.1. The number of imide groups is 1. The molecule has 0 bridgehead atoms. The van der Waals surface area contributed by atoms with Gasteiger partial charge in [0, 0.05) is 17.8 Å². The number of carbonyl (C=O) groups excluding carboxylic acids is 3. The normalized spacial score (nSPS) is 13.0. The molecule has 0 aliphatic carbocycles. The number of anilines is 1. The second kappa shape index (κ2) is 6.38. The summed E-state index contributed by atoms with van der Waals surface area (Å²) < 4.78 is 5.15. The van der Waals surface area contributed by atoms with Crippen molar-refractivity contribution in [3.8, 4) is 5.75 Å². The van der Waals surface area contributed by atoms with Gasteiger partial charge in [0.15, 0.2) is 0 Å². The number of benzene rings is 2. The van der Waals surface area contributed by atoms with Gasteiger partial charge in [-0.25, -0.2) is 0 Å². The van der Waals surface area contributed by atoms with E-state index in [4.69, 9.17) is 27.9 Å². The summed E-state index contributed by atoms with van der Waals surface area (Å²) in [6.07, 6.45) is 0. The Morgan fingerprint density at radius 3 is 2.44 bits per heavy atom. The van der Waals surface area contributed by atoms with Gasteiger partial charge < -0.3 is 10.1 Å². The Bertz CT molecular complexity index is 927. The monoisotopic (exact) mass is 378 g/mol. The Labute approximate surface area is 153 Å². The van der Waals surface area contributed by atoms with Crippen LogP contribution >= 0.6 is 23.2 Å². The molecule has 3 rings (SSSR count). The lowest BCUT2D eigenvalue weighted by Crippen LogP contribution is -2.24. The molecule has 0 unspecified atom stereocenters. The van der Waals surface area contributed by atoms with Crippen LogP contribution in [-0.4, -0.2) is 36.8 Å². The molecule has 0 radical (unpaired) electrons. The Hall–Kier alpha value is -2.57. The van der Waals surface area contributed by atoms with Crippen LogP contribution in [0.3, 0.4) is 0 Å². The summed E-state index contributed by atoms with van der Waals surface area (Å²) >= 11 is 12.0. The fourth-order valence-corrected chi connectivity index (χ4v) is 3.14. The predicted octanol–water partition coefficient (Wildman–Crippen LogP) is 3.48. The van der Waals surface area contributed by atoms with E-state index in [0.29, 0.717) is 11.3 Å². The van der Waals surface area contributed by atoms with Crippen molar-refractivity contribution < 1.29 is 19.1 Å². The molecule has 128 valence electrons. The molecule has 0 saturated heterocycles. The van der Waals surface area contributed by atoms with Gasteiger partial charge >= 0.3 is 0 Å². The molecule has 0 aromatic heterocycles. The van der Waals surface area contributed by atoms with E-state index < -0.39 is 11.8 Å². The first kappa shape index (κ1) is 17.3. The minimum atomic E-state index is -0.508. The number of halogens is 2. The van der Waals surface area contributed by atoms with Crippen LogP contribution in [0.2, 0.25) is 10.0 Å². The highest BCUT2D eigenvalue weighted by atomic mass is 35.5. The summed E-state index contributed by atoms with van der Waals surface area (Å²) in [6, 6.07) is 7.39. The summed E-state index contributed by atoms with van der Waals surface area (Å²) in [7, 11) is 2.79. The Morgan fingerprint density at radius 1 is 1.08 bits per heavy atom. The maximum absolute atomic E-state index is 12.5. The third-order valence-electron chi connectivity index (χ3n) is 3.80.